The minimum Gasteiger partial charge on any atom is -0.496 e. The summed E-state index contributed by atoms with van der Waals surface area (Å²) in [5, 5.41) is 14.7. The summed E-state index contributed by atoms with van der Waals surface area (Å²) >= 11 is 0. The van der Waals surface area contributed by atoms with Gasteiger partial charge in [0.1, 0.15) is 11.5 Å². The van der Waals surface area contributed by atoms with E-state index in [4.69, 9.17) is 18.9 Å². The van der Waals surface area contributed by atoms with Crippen molar-refractivity contribution in [2.24, 2.45) is 0 Å². The fraction of sp³-hybridized carbons (Fsp3) is 0.500. The molecule has 2 fully saturated rings. The van der Waals surface area contributed by atoms with E-state index in [0.717, 1.165) is 49.7 Å². The second-order valence-corrected chi connectivity index (χ2v) is 12.9. The monoisotopic (exact) mass is 641 g/mol. The average molecular weight is 642 g/mol. The molecular weight excluding hydrogens is 594 g/mol. The molecule has 2 heterocycles. The number of methoxy groups -OCH3 is 2. The molecule has 9 heteroatoms. The Morgan fingerprint density at radius 2 is 1.96 bits per heavy atom. The van der Waals surface area contributed by atoms with Gasteiger partial charge in [0.05, 0.1) is 57.8 Å². The van der Waals surface area contributed by atoms with Crippen molar-refractivity contribution in [3.63, 3.8) is 0 Å². The van der Waals surface area contributed by atoms with E-state index >= 15 is 0 Å². The Balaban J connectivity index is 1.13. The predicted octanol–water partition coefficient (Wildman–Crippen LogP) is 4.94. The maximum absolute atomic E-state index is 13.5. The minimum absolute atomic E-state index is 0.0179. The fourth-order valence-corrected chi connectivity index (χ4v) is 7.43. The molecule has 0 aromatic heterocycles. The number of morpholine rings is 1. The summed E-state index contributed by atoms with van der Waals surface area (Å²) in [6, 6.07) is 14.2. The predicted molar refractivity (Wildman–Crippen MR) is 181 cm³/mol. The normalized spacial score (nSPS) is 22.1. The number of hydrogen-bond donors (Lipinski definition) is 2. The van der Waals surface area contributed by atoms with E-state index in [1.165, 1.54) is 11.1 Å². The van der Waals surface area contributed by atoms with Crippen molar-refractivity contribution in [2.75, 3.05) is 47.1 Å². The Labute approximate surface area is 278 Å². The van der Waals surface area contributed by atoms with Crippen LogP contribution in [0.2, 0.25) is 0 Å². The quantitative estimate of drug-likeness (QED) is 0.300. The molecule has 9 nitrogen and oxygen atoms in total. The number of allylic oxidation sites excluding steroid dienone is 2. The number of rotatable bonds is 14. The molecule has 2 aliphatic carbocycles. The number of ether oxygens (including phenoxy) is 4. The van der Waals surface area contributed by atoms with Crippen molar-refractivity contribution < 1.29 is 28.8 Å². The molecular formula is C38H47N3O6. The molecule has 2 aliphatic heterocycles. The largest absolute Gasteiger partial charge is 0.496 e. The van der Waals surface area contributed by atoms with E-state index in [9.17, 15) is 9.90 Å². The third-order valence-electron chi connectivity index (χ3n) is 9.86. The summed E-state index contributed by atoms with van der Waals surface area (Å²) in [6.07, 6.45) is 9.95. The number of amides is 1. The van der Waals surface area contributed by atoms with Crippen LogP contribution in [0.15, 0.2) is 54.1 Å². The van der Waals surface area contributed by atoms with Crippen LogP contribution in [0, 0.1) is 12.1 Å². The van der Waals surface area contributed by atoms with Gasteiger partial charge >= 0.3 is 0 Å². The standard InChI is InChI=1S/C38H47N3O6/c1-5-47-37-18-28(38(43)41-30-12-13-31(41)24-46-23-30)11-15-35(37)25(2)39-20-33(42)22-40(32-16-26-8-6-7-9-27(26)17-32)21-29-10-14-34(44-3)19-36(29)45-4/h6,8,11,15,18-19,30-33,39,42H,2,5,7,9,12-13,16-17,20-24H2,1,3-4H3/t30?,31?,32?,33-/m1/s1. The summed E-state index contributed by atoms with van der Waals surface area (Å²) < 4.78 is 22.7. The molecule has 2 aromatic carbocycles. The van der Waals surface area contributed by atoms with Gasteiger partial charge in [-0.2, -0.15) is 0 Å². The molecule has 47 heavy (non-hydrogen) atoms. The van der Waals surface area contributed by atoms with Gasteiger partial charge < -0.3 is 34.3 Å². The van der Waals surface area contributed by atoms with Gasteiger partial charge in [0.15, 0.2) is 5.75 Å². The van der Waals surface area contributed by atoms with Crippen LogP contribution in [0.25, 0.3) is 5.70 Å². The molecule has 4 aliphatic rings. The molecule has 6 rings (SSSR count). The number of carbonyl (C=O) groups is 1. The lowest BCUT2D eigenvalue weighted by Crippen LogP contribution is -2.49. The van der Waals surface area contributed by atoms with Crippen LogP contribution >= 0.6 is 0 Å². The summed E-state index contributed by atoms with van der Waals surface area (Å²) in [4.78, 5) is 17.9. The zero-order chi connectivity index (χ0) is 32.9. The van der Waals surface area contributed by atoms with Crippen molar-refractivity contribution in [1.82, 2.24) is 15.1 Å². The van der Waals surface area contributed by atoms with Gasteiger partial charge in [-0.3, -0.25) is 9.69 Å². The highest BCUT2D eigenvalue weighted by Gasteiger charge is 2.40. The number of nitrogens with zero attached hydrogens (tertiary/aromatic N) is 2. The fourth-order valence-electron chi connectivity index (χ4n) is 7.43. The van der Waals surface area contributed by atoms with Crippen molar-refractivity contribution in [1.29, 1.82) is 0 Å². The van der Waals surface area contributed by atoms with Crippen molar-refractivity contribution in [3.05, 3.63) is 83.0 Å². The number of benzene rings is 1. The Hall–Kier alpha value is -3.97. The molecule has 2 N–H and O–H groups in total. The number of aliphatic hydroxyl groups is 1. The Morgan fingerprint density at radius 1 is 1.15 bits per heavy atom. The summed E-state index contributed by atoms with van der Waals surface area (Å²) in [7, 11) is 3.25. The minimum atomic E-state index is -0.679. The summed E-state index contributed by atoms with van der Waals surface area (Å²) in [6.45, 7) is 9.16. The molecule has 0 radical (unpaired) electrons. The first-order valence-electron chi connectivity index (χ1n) is 16.8. The zero-order valence-electron chi connectivity index (χ0n) is 27.8. The molecule has 0 saturated carbocycles. The third kappa shape index (κ3) is 7.30. The van der Waals surface area contributed by atoms with E-state index < -0.39 is 6.10 Å². The second-order valence-electron chi connectivity index (χ2n) is 12.9. The van der Waals surface area contributed by atoms with Crippen LogP contribution in [0.3, 0.4) is 0 Å². The van der Waals surface area contributed by atoms with E-state index in [1.54, 1.807) is 14.2 Å². The average Bonchev–Trinajstić information content (AvgIpc) is 3.64. The molecule has 250 valence electrons. The van der Waals surface area contributed by atoms with E-state index in [1.807, 2.05) is 36.1 Å². The van der Waals surface area contributed by atoms with Crippen molar-refractivity contribution in [3.8, 4) is 17.2 Å². The van der Waals surface area contributed by atoms with E-state index in [-0.39, 0.29) is 24.0 Å². The molecule has 2 aromatic rings. The molecule has 2 bridgehead atoms. The smallest absolute Gasteiger partial charge is 0.254 e. The van der Waals surface area contributed by atoms with Crippen LogP contribution in [0.5, 0.6) is 17.2 Å². The lowest BCUT2D eigenvalue weighted by atomic mass is 10.0. The zero-order valence-corrected chi connectivity index (χ0v) is 27.8. The molecule has 2 saturated heterocycles. The van der Waals surface area contributed by atoms with E-state index in [2.05, 4.69) is 41.1 Å². The first-order chi connectivity index (χ1) is 22.9. The number of aliphatic hydroxyl groups excluding tert-OH is 1. The summed E-state index contributed by atoms with van der Waals surface area (Å²) in [5.41, 5.74) is 5.82. The van der Waals surface area contributed by atoms with Crippen LogP contribution in [-0.4, -0.2) is 92.2 Å². The van der Waals surface area contributed by atoms with Crippen LogP contribution in [0.1, 0.15) is 66.9 Å². The van der Waals surface area contributed by atoms with Crippen LogP contribution < -0.4 is 19.5 Å². The number of hydrogen-bond acceptors (Lipinski definition) is 8. The molecule has 3 unspecified atom stereocenters. The highest BCUT2D eigenvalue weighted by Crippen LogP contribution is 2.37. The van der Waals surface area contributed by atoms with E-state index in [0.29, 0.717) is 68.0 Å². The van der Waals surface area contributed by atoms with Gasteiger partial charge in [-0.25, -0.2) is 0 Å². The lowest BCUT2D eigenvalue weighted by molar-refractivity contribution is -0.00717. The van der Waals surface area contributed by atoms with Crippen LogP contribution in [0.4, 0.5) is 0 Å². The van der Waals surface area contributed by atoms with Gasteiger partial charge in [0.25, 0.3) is 5.91 Å². The number of fused-ring (bicyclic) bond motifs is 2. The van der Waals surface area contributed by atoms with Gasteiger partial charge in [0, 0.05) is 48.6 Å². The maximum atomic E-state index is 13.5. The third-order valence-corrected chi connectivity index (χ3v) is 9.86. The Bertz CT molecular complexity index is 1500. The first kappa shape index (κ1) is 33.0. The SMILES string of the molecule is C=C(NC[C@@H](O)CN(Cc1c#cc(OC)cc1OC)C1CC2=C(CCC=C2)C1)c1ccc(C(=O)N2C3CCC2COC3)cc1OCC. The highest BCUT2D eigenvalue weighted by atomic mass is 16.5. The van der Waals surface area contributed by atoms with Gasteiger partial charge in [-0.05, 0) is 75.3 Å². The first-order valence-corrected chi connectivity index (χ1v) is 16.8. The number of carbonyl (C=O) groups excluding carboxylic acids is 1. The van der Waals surface area contributed by atoms with Gasteiger partial charge in [0.2, 0.25) is 0 Å². The van der Waals surface area contributed by atoms with Crippen molar-refractivity contribution in [2.45, 2.75) is 76.2 Å². The lowest BCUT2D eigenvalue weighted by Gasteiger charge is -2.34. The topological polar surface area (TPSA) is 92.7 Å². The Morgan fingerprint density at radius 3 is 2.68 bits per heavy atom. The second kappa shape index (κ2) is 14.8. The molecule has 1 amide bonds. The maximum Gasteiger partial charge on any atom is 0.254 e. The molecule has 0 spiro atoms. The number of nitrogens with one attached hydrogen (secondary N) is 1. The van der Waals surface area contributed by atoms with Gasteiger partial charge in [-0.15, -0.1) is 0 Å². The van der Waals surface area contributed by atoms with Gasteiger partial charge in [-0.1, -0.05) is 30.4 Å². The van der Waals surface area contributed by atoms with Crippen LogP contribution in [-0.2, 0) is 11.3 Å². The van der Waals surface area contributed by atoms with Crippen molar-refractivity contribution >= 4 is 11.6 Å². The Kier molecular flexibility index (Phi) is 10.4. The summed E-state index contributed by atoms with van der Waals surface area (Å²) in [5.74, 6) is 1.87. The molecule has 4 atom stereocenters. The highest BCUT2D eigenvalue weighted by molar-refractivity contribution is 5.96.